The van der Waals surface area contributed by atoms with Crippen molar-refractivity contribution in [2.75, 3.05) is 12.4 Å². The lowest BCUT2D eigenvalue weighted by Crippen LogP contribution is -1.84. The van der Waals surface area contributed by atoms with Crippen LogP contribution in [-0.2, 0) is 0 Å². The molecule has 110 valence electrons. The van der Waals surface area contributed by atoms with Crippen LogP contribution < -0.4 is 5.32 Å². The Hall–Kier alpha value is -2.73. The SMILES string of the molecule is CNc1nnc(-c2ccc(N=Cc3ccccc3O)cc2)s1. The largest absolute Gasteiger partial charge is 0.507 e. The summed E-state index contributed by atoms with van der Waals surface area (Å²) in [5.74, 6) is 0.219. The quantitative estimate of drug-likeness (QED) is 0.721. The van der Waals surface area contributed by atoms with Crippen molar-refractivity contribution in [3.05, 3.63) is 54.1 Å². The number of hydrogen-bond acceptors (Lipinski definition) is 6. The number of aromatic hydroxyl groups is 1. The van der Waals surface area contributed by atoms with E-state index in [1.165, 1.54) is 11.3 Å². The normalized spacial score (nSPS) is 11.0. The zero-order valence-electron chi connectivity index (χ0n) is 11.9. The van der Waals surface area contributed by atoms with Gasteiger partial charge in [0, 0.05) is 24.4 Å². The average molecular weight is 310 g/mol. The number of rotatable bonds is 4. The molecule has 3 aromatic rings. The summed E-state index contributed by atoms with van der Waals surface area (Å²) in [6.45, 7) is 0. The molecule has 0 radical (unpaired) electrons. The molecule has 0 atom stereocenters. The van der Waals surface area contributed by atoms with Crippen LogP contribution in [0.4, 0.5) is 10.8 Å². The molecule has 0 aliphatic heterocycles. The lowest BCUT2D eigenvalue weighted by Gasteiger charge is -1.98. The fourth-order valence-corrected chi connectivity index (χ4v) is 2.57. The summed E-state index contributed by atoms with van der Waals surface area (Å²) in [5.41, 5.74) is 2.50. The van der Waals surface area contributed by atoms with Gasteiger partial charge < -0.3 is 10.4 Å². The average Bonchev–Trinajstić information content (AvgIpc) is 3.04. The smallest absolute Gasteiger partial charge is 0.205 e. The molecule has 2 N–H and O–H groups in total. The van der Waals surface area contributed by atoms with Crippen molar-refractivity contribution in [1.29, 1.82) is 0 Å². The van der Waals surface area contributed by atoms with Crippen LogP contribution in [-0.4, -0.2) is 28.6 Å². The highest BCUT2D eigenvalue weighted by atomic mass is 32.1. The van der Waals surface area contributed by atoms with Crippen molar-refractivity contribution in [2.24, 2.45) is 4.99 Å². The molecule has 0 saturated heterocycles. The third-order valence-electron chi connectivity index (χ3n) is 3.04. The van der Waals surface area contributed by atoms with E-state index in [4.69, 9.17) is 0 Å². The Kier molecular flexibility index (Phi) is 4.11. The summed E-state index contributed by atoms with van der Waals surface area (Å²) in [5, 5.41) is 22.5. The first kappa shape index (κ1) is 14.2. The van der Waals surface area contributed by atoms with E-state index in [9.17, 15) is 5.11 Å². The molecule has 1 aromatic heterocycles. The summed E-state index contributed by atoms with van der Waals surface area (Å²) in [4.78, 5) is 4.36. The van der Waals surface area contributed by atoms with E-state index in [2.05, 4.69) is 20.5 Å². The third-order valence-corrected chi connectivity index (χ3v) is 4.03. The Bertz CT molecular complexity index is 796. The van der Waals surface area contributed by atoms with Crippen LogP contribution in [0.25, 0.3) is 10.6 Å². The van der Waals surface area contributed by atoms with Gasteiger partial charge in [-0.2, -0.15) is 0 Å². The van der Waals surface area contributed by atoms with E-state index in [0.717, 1.165) is 21.4 Å². The number of aliphatic imine (C=N–C) groups is 1. The first-order valence-corrected chi connectivity index (χ1v) is 7.51. The Morgan fingerprint density at radius 3 is 2.55 bits per heavy atom. The predicted molar refractivity (Wildman–Crippen MR) is 90.3 cm³/mol. The van der Waals surface area contributed by atoms with Gasteiger partial charge in [0.1, 0.15) is 10.8 Å². The second kappa shape index (κ2) is 6.36. The minimum absolute atomic E-state index is 0.219. The van der Waals surface area contributed by atoms with Crippen molar-refractivity contribution in [2.45, 2.75) is 0 Å². The van der Waals surface area contributed by atoms with Crippen LogP contribution >= 0.6 is 11.3 Å². The molecule has 0 aliphatic rings. The molecule has 5 nitrogen and oxygen atoms in total. The number of hydrogen-bond donors (Lipinski definition) is 2. The van der Waals surface area contributed by atoms with E-state index in [1.54, 1.807) is 18.3 Å². The summed E-state index contributed by atoms with van der Waals surface area (Å²) < 4.78 is 0. The van der Waals surface area contributed by atoms with Crippen LogP contribution in [0, 0.1) is 0 Å². The molecule has 3 rings (SSSR count). The maximum atomic E-state index is 9.70. The lowest BCUT2D eigenvalue weighted by atomic mass is 10.2. The number of aromatic nitrogens is 2. The van der Waals surface area contributed by atoms with Crippen LogP contribution in [0.1, 0.15) is 5.56 Å². The van der Waals surface area contributed by atoms with E-state index in [-0.39, 0.29) is 5.75 Å². The molecule has 6 heteroatoms. The van der Waals surface area contributed by atoms with Crippen molar-refractivity contribution in [1.82, 2.24) is 10.2 Å². The molecular weight excluding hydrogens is 296 g/mol. The number of nitrogens with one attached hydrogen (secondary N) is 1. The molecule has 2 aromatic carbocycles. The Labute approximate surface area is 132 Å². The van der Waals surface area contributed by atoms with Crippen molar-refractivity contribution in [3.63, 3.8) is 0 Å². The van der Waals surface area contributed by atoms with Gasteiger partial charge in [-0.1, -0.05) is 23.5 Å². The number of anilines is 1. The lowest BCUT2D eigenvalue weighted by molar-refractivity contribution is 0.474. The first-order chi connectivity index (χ1) is 10.8. The Balaban J connectivity index is 1.78. The maximum absolute atomic E-state index is 9.70. The van der Waals surface area contributed by atoms with E-state index in [1.807, 2.05) is 43.4 Å². The summed E-state index contributed by atoms with van der Waals surface area (Å²) in [7, 11) is 1.82. The third kappa shape index (κ3) is 3.12. The van der Waals surface area contributed by atoms with Crippen molar-refractivity contribution in [3.8, 4) is 16.3 Å². The molecule has 0 fully saturated rings. The second-order valence-electron chi connectivity index (χ2n) is 4.53. The zero-order valence-corrected chi connectivity index (χ0v) is 12.7. The monoisotopic (exact) mass is 310 g/mol. The van der Waals surface area contributed by atoms with Gasteiger partial charge in [0.15, 0.2) is 0 Å². The fourth-order valence-electron chi connectivity index (χ4n) is 1.87. The molecular formula is C16H14N4OS. The van der Waals surface area contributed by atoms with Gasteiger partial charge in [-0.3, -0.25) is 4.99 Å². The molecule has 22 heavy (non-hydrogen) atoms. The van der Waals surface area contributed by atoms with Gasteiger partial charge in [-0.15, -0.1) is 10.2 Å². The van der Waals surface area contributed by atoms with E-state index >= 15 is 0 Å². The van der Waals surface area contributed by atoms with Gasteiger partial charge in [0.2, 0.25) is 5.13 Å². The molecule has 0 amide bonds. The van der Waals surface area contributed by atoms with Gasteiger partial charge in [-0.05, 0) is 36.4 Å². The second-order valence-corrected chi connectivity index (χ2v) is 5.50. The maximum Gasteiger partial charge on any atom is 0.205 e. The Morgan fingerprint density at radius 2 is 1.86 bits per heavy atom. The standard InChI is InChI=1S/C16H14N4OS/c1-17-16-20-19-15(22-16)11-6-8-13(9-7-11)18-10-12-4-2-3-5-14(12)21/h2-10,21H,1H3,(H,17,20). The minimum atomic E-state index is 0.219. The number of phenols is 1. The van der Waals surface area contributed by atoms with Crippen LogP contribution in [0.5, 0.6) is 5.75 Å². The topological polar surface area (TPSA) is 70.4 Å². The van der Waals surface area contributed by atoms with Gasteiger partial charge in [0.25, 0.3) is 0 Å². The van der Waals surface area contributed by atoms with Gasteiger partial charge >= 0.3 is 0 Å². The number of nitrogens with zero attached hydrogens (tertiary/aromatic N) is 3. The van der Waals surface area contributed by atoms with Crippen LogP contribution in [0.3, 0.4) is 0 Å². The number of benzene rings is 2. The number of para-hydroxylation sites is 1. The summed E-state index contributed by atoms with van der Waals surface area (Å²) in [6.07, 6.45) is 1.65. The highest BCUT2D eigenvalue weighted by molar-refractivity contribution is 7.18. The molecule has 0 spiro atoms. The Morgan fingerprint density at radius 1 is 1.09 bits per heavy atom. The van der Waals surface area contributed by atoms with Crippen LogP contribution in [0.2, 0.25) is 0 Å². The van der Waals surface area contributed by atoms with Gasteiger partial charge in [0.05, 0.1) is 5.69 Å². The molecule has 0 bridgehead atoms. The predicted octanol–water partition coefficient (Wildman–Crippen LogP) is 3.70. The minimum Gasteiger partial charge on any atom is -0.507 e. The molecule has 0 saturated carbocycles. The first-order valence-electron chi connectivity index (χ1n) is 6.70. The van der Waals surface area contributed by atoms with E-state index in [0.29, 0.717) is 5.56 Å². The van der Waals surface area contributed by atoms with Crippen molar-refractivity contribution < 1.29 is 5.11 Å². The fraction of sp³-hybridized carbons (Fsp3) is 0.0625. The van der Waals surface area contributed by atoms with Gasteiger partial charge in [-0.25, -0.2) is 0 Å². The molecule has 1 heterocycles. The molecule has 0 aliphatic carbocycles. The highest BCUT2D eigenvalue weighted by Gasteiger charge is 2.05. The van der Waals surface area contributed by atoms with Crippen molar-refractivity contribution >= 4 is 28.4 Å². The zero-order chi connectivity index (χ0) is 15.4. The molecule has 0 unspecified atom stereocenters. The summed E-state index contributed by atoms with van der Waals surface area (Å²) in [6, 6.07) is 14.8. The number of phenolic OH excluding ortho intramolecular Hbond substituents is 1. The summed E-state index contributed by atoms with van der Waals surface area (Å²) >= 11 is 1.50. The highest BCUT2D eigenvalue weighted by Crippen LogP contribution is 2.27. The van der Waals surface area contributed by atoms with Crippen LogP contribution in [0.15, 0.2) is 53.5 Å². The van der Waals surface area contributed by atoms with E-state index < -0.39 is 0 Å².